The number of rotatable bonds is 14. The van der Waals surface area contributed by atoms with Crippen LogP contribution in [0.2, 0.25) is 0 Å². The Morgan fingerprint density at radius 1 is 0.980 bits per heavy atom. The van der Waals surface area contributed by atoms with Gasteiger partial charge in [-0.2, -0.15) is 0 Å². The van der Waals surface area contributed by atoms with E-state index in [1.807, 2.05) is 25.7 Å². The van der Waals surface area contributed by atoms with Crippen LogP contribution in [0.3, 0.4) is 0 Å². The van der Waals surface area contributed by atoms with Gasteiger partial charge in [-0.3, -0.25) is 24.0 Å². The Bertz CT molecular complexity index is 1310. The third kappa shape index (κ3) is 9.88. The van der Waals surface area contributed by atoms with Gasteiger partial charge in [-0.25, -0.2) is 4.79 Å². The number of terminal acetylenes is 1. The lowest BCUT2D eigenvalue weighted by atomic mass is 9.83. The minimum absolute atomic E-state index is 0.0851. The van der Waals surface area contributed by atoms with Crippen LogP contribution in [0.1, 0.15) is 104 Å². The molecule has 0 bridgehead atoms. The highest BCUT2D eigenvalue weighted by Crippen LogP contribution is 2.43. The van der Waals surface area contributed by atoms with Crippen LogP contribution in [0.4, 0.5) is 4.79 Å². The molecule has 12 nitrogen and oxygen atoms in total. The molecule has 0 aromatic rings. The largest absolute Gasteiger partial charge is 0.346 e. The zero-order valence-corrected chi connectivity index (χ0v) is 30.3. The summed E-state index contributed by atoms with van der Waals surface area (Å²) in [4.78, 5) is 84.3. The Hall–Kier alpha value is -3.88. The molecule has 4 fully saturated rings. The third-order valence-electron chi connectivity index (χ3n) is 11.1. The molecule has 276 valence electrons. The van der Waals surface area contributed by atoms with E-state index < -0.39 is 41.8 Å². The SMILES string of the molecule is C#CCCC(NC(=O)[C@@H]1[C@H]2CCC[C@H]2CN1C(=O)[C@@H](NC(=O)N[C@H](CN1CCCCC1=O)C(C)(C)C)C1CCCCC1)C(=O)C(=O)NCC=C. The number of hydrogen-bond donors (Lipinski definition) is 4. The third-order valence-corrected chi connectivity index (χ3v) is 11.1. The molecule has 2 aliphatic heterocycles. The van der Waals surface area contributed by atoms with Crippen molar-refractivity contribution in [3.05, 3.63) is 12.7 Å². The molecule has 4 N–H and O–H groups in total. The highest BCUT2D eigenvalue weighted by Gasteiger charge is 2.52. The molecule has 2 heterocycles. The van der Waals surface area contributed by atoms with E-state index in [2.05, 4.69) is 33.8 Å². The number of piperidine rings is 1. The van der Waals surface area contributed by atoms with Crippen molar-refractivity contribution in [3.63, 3.8) is 0 Å². The molecule has 50 heavy (non-hydrogen) atoms. The Balaban J connectivity index is 1.55. The highest BCUT2D eigenvalue weighted by molar-refractivity contribution is 6.38. The van der Waals surface area contributed by atoms with Crippen LogP contribution in [0.25, 0.3) is 0 Å². The molecule has 2 aliphatic carbocycles. The van der Waals surface area contributed by atoms with E-state index in [0.29, 0.717) is 26.1 Å². The van der Waals surface area contributed by atoms with Gasteiger partial charge in [0.25, 0.3) is 5.91 Å². The second-order valence-corrected chi connectivity index (χ2v) is 15.7. The number of likely N-dealkylation sites (tertiary alicyclic amines) is 2. The van der Waals surface area contributed by atoms with Crippen LogP contribution in [0.15, 0.2) is 12.7 Å². The van der Waals surface area contributed by atoms with Crippen molar-refractivity contribution in [2.24, 2.45) is 23.2 Å². The maximum absolute atomic E-state index is 14.7. The van der Waals surface area contributed by atoms with Gasteiger partial charge in [-0.05, 0) is 68.1 Å². The van der Waals surface area contributed by atoms with Gasteiger partial charge >= 0.3 is 6.03 Å². The quantitative estimate of drug-likeness (QED) is 0.124. The van der Waals surface area contributed by atoms with Crippen LogP contribution in [-0.2, 0) is 24.0 Å². The van der Waals surface area contributed by atoms with Crippen molar-refractivity contribution in [3.8, 4) is 12.3 Å². The molecule has 0 aromatic heterocycles. The summed E-state index contributed by atoms with van der Waals surface area (Å²) >= 11 is 0. The number of nitrogens with zero attached hydrogens (tertiary/aromatic N) is 2. The topological polar surface area (TPSA) is 157 Å². The normalized spacial score (nSPS) is 24.3. The number of fused-ring (bicyclic) bond motifs is 1. The highest BCUT2D eigenvalue weighted by atomic mass is 16.2. The first-order valence-electron chi connectivity index (χ1n) is 18.7. The van der Waals surface area contributed by atoms with Gasteiger partial charge < -0.3 is 31.1 Å². The van der Waals surface area contributed by atoms with E-state index in [-0.39, 0.29) is 60.4 Å². The van der Waals surface area contributed by atoms with Crippen molar-refractivity contribution in [1.82, 2.24) is 31.1 Å². The summed E-state index contributed by atoms with van der Waals surface area (Å²) in [5.74, 6) is 0.0904. The lowest BCUT2D eigenvalue weighted by Gasteiger charge is -2.39. The molecule has 4 rings (SSSR count). The smallest absolute Gasteiger partial charge is 0.315 e. The molecule has 0 spiro atoms. The van der Waals surface area contributed by atoms with Gasteiger partial charge in [-0.15, -0.1) is 18.9 Å². The summed E-state index contributed by atoms with van der Waals surface area (Å²) in [5.41, 5.74) is -0.356. The standard InChI is InChI=1S/C38H58N6O6/c1-6-8-19-28(33(46)35(48)39-21-7-2)40-34(47)32-27-18-14-17-26(27)23-44(32)36(49)31(25-15-10-9-11-16-25)42-37(50)41-29(38(3,4)5)24-43-22-13-12-20-30(43)45/h1,7,25-29,31-32H,2,8-24H2,3-5H3,(H,39,48)(H,40,47)(H2,41,42,50)/t26-,27-,28?,29+,31-,32-/m0/s1. The van der Waals surface area contributed by atoms with Crippen LogP contribution in [-0.4, -0.2) is 95.6 Å². The second kappa shape index (κ2) is 17.9. The summed E-state index contributed by atoms with van der Waals surface area (Å²) in [6.45, 7) is 11.2. The van der Waals surface area contributed by atoms with Crippen molar-refractivity contribution in [2.75, 3.05) is 26.2 Å². The van der Waals surface area contributed by atoms with Crippen LogP contribution in [0.5, 0.6) is 0 Å². The Kier molecular flexibility index (Phi) is 13.9. The van der Waals surface area contributed by atoms with Gasteiger partial charge in [0.2, 0.25) is 23.5 Å². The average Bonchev–Trinajstić information content (AvgIpc) is 3.70. The van der Waals surface area contributed by atoms with Crippen LogP contribution < -0.4 is 21.3 Å². The molecule has 6 amide bonds. The Labute approximate surface area is 297 Å². The molecule has 2 saturated heterocycles. The van der Waals surface area contributed by atoms with Crippen molar-refractivity contribution < 1.29 is 28.8 Å². The van der Waals surface area contributed by atoms with Gasteiger partial charge in [0.05, 0.1) is 12.1 Å². The lowest BCUT2D eigenvalue weighted by molar-refractivity contribution is -0.144. The lowest BCUT2D eigenvalue weighted by Crippen LogP contribution is -2.61. The first kappa shape index (κ1) is 38.9. The fourth-order valence-electron chi connectivity index (χ4n) is 8.21. The van der Waals surface area contributed by atoms with Crippen LogP contribution >= 0.6 is 0 Å². The maximum atomic E-state index is 14.7. The number of ketones is 1. The number of carbonyl (C=O) groups excluding carboxylic acids is 6. The first-order chi connectivity index (χ1) is 23.8. The average molecular weight is 695 g/mol. The molecule has 6 atom stereocenters. The van der Waals surface area contributed by atoms with Crippen molar-refractivity contribution in [2.45, 2.75) is 128 Å². The number of amides is 6. The number of carbonyl (C=O) groups is 6. The summed E-state index contributed by atoms with van der Waals surface area (Å²) in [7, 11) is 0. The van der Waals surface area contributed by atoms with Crippen molar-refractivity contribution >= 4 is 35.4 Å². The summed E-state index contributed by atoms with van der Waals surface area (Å²) in [5, 5.41) is 11.4. The van der Waals surface area contributed by atoms with E-state index in [4.69, 9.17) is 6.42 Å². The van der Waals surface area contributed by atoms with Gasteiger partial charge in [0.15, 0.2) is 0 Å². The Morgan fingerprint density at radius 3 is 2.38 bits per heavy atom. The number of nitrogens with one attached hydrogen (secondary N) is 4. The van der Waals surface area contributed by atoms with Gasteiger partial charge in [-0.1, -0.05) is 52.5 Å². The molecule has 0 aromatic carbocycles. The van der Waals surface area contributed by atoms with Gasteiger partial charge in [0, 0.05) is 39.0 Å². The van der Waals surface area contributed by atoms with Crippen LogP contribution in [0, 0.1) is 35.5 Å². The Morgan fingerprint density at radius 2 is 1.72 bits per heavy atom. The monoisotopic (exact) mass is 694 g/mol. The van der Waals surface area contributed by atoms with E-state index in [1.165, 1.54) is 6.08 Å². The van der Waals surface area contributed by atoms with Crippen molar-refractivity contribution in [1.29, 1.82) is 0 Å². The summed E-state index contributed by atoms with van der Waals surface area (Å²) in [6, 6.07) is -3.64. The minimum atomic E-state index is -1.14. The zero-order chi connectivity index (χ0) is 36.4. The second-order valence-electron chi connectivity index (χ2n) is 15.7. The van der Waals surface area contributed by atoms with E-state index >= 15 is 0 Å². The molecule has 1 unspecified atom stereocenters. The maximum Gasteiger partial charge on any atom is 0.315 e. The fourth-order valence-corrected chi connectivity index (χ4v) is 8.21. The summed E-state index contributed by atoms with van der Waals surface area (Å²) in [6.07, 6.45) is 16.6. The molecule has 12 heteroatoms. The minimum Gasteiger partial charge on any atom is -0.346 e. The first-order valence-corrected chi connectivity index (χ1v) is 18.7. The fraction of sp³-hybridized carbons (Fsp3) is 0.737. The number of urea groups is 1. The van der Waals surface area contributed by atoms with E-state index in [9.17, 15) is 28.8 Å². The number of hydrogen-bond acceptors (Lipinski definition) is 6. The van der Waals surface area contributed by atoms with E-state index in [0.717, 1.165) is 64.2 Å². The zero-order valence-electron chi connectivity index (χ0n) is 30.3. The molecule has 4 aliphatic rings. The molecule has 0 radical (unpaired) electrons. The summed E-state index contributed by atoms with van der Waals surface area (Å²) < 4.78 is 0. The van der Waals surface area contributed by atoms with Gasteiger partial charge in [0.1, 0.15) is 12.1 Å². The molecular formula is C38H58N6O6. The molecular weight excluding hydrogens is 636 g/mol. The predicted octanol–water partition coefficient (Wildman–Crippen LogP) is 3.06. The molecule has 2 saturated carbocycles. The van der Waals surface area contributed by atoms with E-state index in [1.54, 1.807) is 4.90 Å². The number of Topliss-reactive ketones (excluding diaryl/α,β-unsaturated/α-hetero) is 1. The predicted molar refractivity (Wildman–Crippen MR) is 190 cm³/mol.